The van der Waals surface area contributed by atoms with Crippen molar-refractivity contribution in [2.75, 3.05) is 11.4 Å². The third kappa shape index (κ3) is 3.09. The van der Waals surface area contributed by atoms with Crippen LogP contribution in [-0.2, 0) is 16.0 Å². The Morgan fingerprint density at radius 3 is 2.69 bits per heavy atom. The first-order valence-electron chi connectivity index (χ1n) is 9.20. The SMILES string of the molecule is Cc1ccc(CC(=O)N2CC[C@H]3[C@@H]2CCC(=O)N3c2cccnc2)cc1. The number of hydrogen-bond donors (Lipinski definition) is 0. The minimum absolute atomic E-state index is 0.0578. The lowest BCUT2D eigenvalue weighted by molar-refractivity contribution is -0.133. The fourth-order valence-electron chi connectivity index (χ4n) is 4.19. The molecule has 0 aliphatic carbocycles. The van der Waals surface area contributed by atoms with E-state index in [1.165, 1.54) is 5.56 Å². The molecule has 0 N–H and O–H groups in total. The summed E-state index contributed by atoms with van der Waals surface area (Å²) in [7, 11) is 0. The molecule has 0 bridgehead atoms. The third-order valence-electron chi connectivity index (χ3n) is 5.48. The van der Waals surface area contributed by atoms with Crippen LogP contribution in [0.25, 0.3) is 0 Å². The van der Waals surface area contributed by atoms with Crippen LogP contribution in [-0.4, -0.2) is 40.3 Å². The van der Waals surface area contributed by atoms with Crippen molar-refractivity contribution < 1.29 is 9.59 Å². The van der Waals surface area contributed by atoms with E-state index in [9.17, 15) is 9.59 Å². The number of aromatic nitrogens is 1. The molecule has 134 valence electrons. The average molecular weight is 349 g/mol. The zero-order valence-corrected chi connectivity index (χ0v) is 15.0. The molecule has 0 unspecified atom stereocenters. The van der Waals surface area contributed by atoms with E-state index in [2.05, 4.69) is 4.98 Å². The van der Waals surface area contributed by atoms with Gasteiger partial charge in [0.25, 0.3) is 0 Å². The predicted octanol–water partition coefficient (Wildman–Crippen LogP) is 2.73. The van der Waals surface area contributed by atoms with Gasteiger partial charge in [0.05, 0.1) is 30.4 Å². The van der Waals surface area contributed by atoms with Gasteiger partial charge in [-0.25, -0.2) is 0 Å². The van der Waals surface area contributed by atoms with Crippen molar-refractivity contribution >= 4 is 17.5 Å². The van der Waals surface area contributed by atoms with E-state index in [4.69, 9.17) is 0 Å². The molecule has 1 aromatic carbocycles. The highest BCUT2D eigenvalue weighted by molar-refractivity contribution is 5.95. The van der Waals surface area contributed by atoms with Gasteiger partial charge in [0.15, 0.2) is 0 Å². The highest BCUT2D eigenvalue weighted by Crippen LogP contribution is 2.34. The van der Waals surface area contributed by atoms with Crippen LogP contribution in [0.15, 0.2) is 48.8 Å². The average Bonchev–Trinajstić information content (AvgIpc) is 3.08. The first-order valence-corrected chi connectivity index (χ1v) is 9.20. The molecule has 1 aromatic heterocycles. The van der Waals surface area contributed by atoms with Crippen molar-refractivity contribution in [1.29, 1.82) is 0 Å². The molecule has 3 heterocycles. The maximum atomic E-state index is 12.9. The van der Waals surface area contributed by atoms with E-state index in [-0.39, 0.29) is 23.9 Å². The van der Waals surface area contributed by atoms with Crippen molar-refractivity contribution in [3.63, 3.8) is 0 Å². The van der Waals surface area contributed by atoms with Gasteiger partial charge in [-0.1, -0.05) is 29.8 Å². The van der Waals surface area contributed by atoms with Gasteiger partial charge in [-0.05, 0) is 37.5 Å². The predicted molar refractivity (Wildman–Crippen MR) is 99.7 cm³/mol. The number of rotatable bonds is 3. The molecule has 2 atom stereocenters. The number of benzene rings is 1. The molecule has 2 saturated heterocycles. The van der Waals surface area contributed by atoms with Gasteiger partial charge in [-0.2, -0.15) is 0 Å². The Morgan fingerprint density at radius 2 is 1.96 bits per heavy atom. The van der Waals surface area contributed by atoms with E-state index in [1.54, 1.807) is 12.4 Å². The smallest absolute Gasteiger partial charge is 0.227 e. The Hall–Kier alpha value is -2.69. The Labute approximate surface area is 153 Å². The quantitative estimate of drug-likeness (QED) is 0.856. The summed E-state index contributed by atoms with van der Waals surface area (Å²) in [5.41, 5.74) is 3.07. The summed E-state index contributed by atoms with van der Waals surface area (Å²) in [6.07, 6.45) is 5.91. The lowest BCUT2D eigenvalue weighted by atomic mass is 9.95. The Kier molecular flexibility index (Phi) is 4.45. The third-order valence-corrected chi connectivity index (χ3v) is 5.48. The fraction of sp³-hybridized carbons (Fsp3) is 0.381. The molecular formula is C21H23N3O2. The number of likely N-dealkylation sites (tertiary alicyclic amines) is 1. The number of piperidine rings is 1. The first kappa shape index (κ1) is 16.8. The van der Waals surface area contributed by atoms with E-state index >= 15 is 0 Å². The number of fused-ring (bicyclic) bond motifs is 1. The second-order valence-electron chi connectivity index (χ2n) is 7.19. The van der Waals surface area contributed by atoms with Crippen molar-refractivity contribution in [2.24, 2.45) is 0 Å². The Bertz CT molecular complexity index is 804. The maximum absolute atomic E-state index is 12.9. The number of hydrogen-bond acceptors (Lipinski definition) is 3. The number of aryl methyl sites for hydroxylation is 1. The molecule has 2 fully saturated rings. The normalized spacial score (nSPS) is 22.4. The lowest BCUT2D eigenvalue weighted by Crippen LogP contribution is -2.53. The summed E-state index contributed by atoms with van der Waals surface area (Å²) in [6.45, 7) is 2.76. The van der Waals surface area contributed by atoms with Gasteiger partial charge < -0.3 is 9.80 Å². The van der Waals surface area contributed by atoms with Crippen molar-refractivity contribution in [3.8, 4) is 0 Å². The summed E-state index contributed by atoms with van der Waals surface area (Å²) in [5, 5.41) is 0. The molecule has 5 heteroatoms. The largest absolute Gasteiger partial charge is 0.337 e. The standard InChI is InChI=1S/C21H23N3O2/c1-15-4-6-16(7-5-15)13-21(26)23-12-10-19-18(23)8-9-20(25)24(19)17-3-2-11-22-14-17/h2-7,11,14,18-19H,8-10,12-13H2,1H3/t18-,19-/m0/s1. The van der Waals surface area contributed by atoms with E-state index in [0.29, 0.717) is 19.4 Å². The van der Waals surface area contributed by atoms with Crippen LogP contribution < -0.4 is 4.90 Å². The van der Waals surface area contributed by atoms with Gasteiger partial charge in [-0.15, -0.1) is 0 Å². The Morgan fingerprint density at radius 1 is 1.15 bits per heavy atom. The van der Waals surface area contributed by atoms with E-state index < -0.39 is 0 Å². The zero-order valence-electron chi connectivity index (χ0n) is 15.0. The summed E-state index contributed by atoms with van der Waals surface area (Å²) < 4.78 is 0. The number of amides is 2. The summed E-state index contributed by atoms with van der Waals surface area (Å²) in [6, 6.07) is 12.1. The molecule has 0 saturated carbocycles. The van der Waals surface area contributed by atoms with Crippen LogP contribution in [0.1, 0.15) is 30.4 Å². The second kappa shape index (κ2) is 6.90. The Balaban J connectivity index is 1.51. The molecule has 4 rings (SSSR count). The number of nitrogens with zero attached hydrogens (tertiary/aromatic N) is 3. The molecule has 5 nitrogen and oxygen atoms in total. The van der Waals surface area contributed by atoms with Crippen LogP contribution in [0.2, 0.25) is 0 Å². The van der Waals surface area contributed by atoms with Crippen LogP contribution in [0.5, 0.6) is 0 Å². The van der Waals surface area contributed by atoms with Crippen molar-refractivity contribution in [2.45, 2.75) is 44.7 Å². The molecule has 2 aromatic rings. The van der Waals surface area contributed by atoms with E-state index in [1.807, 2.05) is 53.1 Å². The molecule has 2 amide bonds. The molecule has 2 aliphatic heterocycles. The topological polar surface area (TPSA) is 53.5 Å². The fourth-order valence-corrected chi connectivity index (χ4v) is 4.19. The van der Waals surface area contributed by atoms with Crippen LogP contribution in [0.3, 0.4) is 0 Å². The molecule has 0 spiro atoms. The van der Waals surface area contributed by atoms with E-state index in [0.717, 1.165) is 24.1 Å². The number of pyridine rings is 1. The van der Waals surface area contributed by atoms with Crippen molar-refractivity contribution in [1.82, 2.24) is 9.88 Å². The highest BCUT2D eigenvalue weighted by atomic mass is 16.2. The minimum atomic E-state index is 0.0578. The molecular weight excluding hydrogens is 326 g/mol. The second-order valence-corrected chi connectivity index (χ2v) is 7.19. The highest BCUT2D eigenvalue weighted by Gasteiger charge is 2.45. The molecule has 0 radical (unpaired) electrons. The number of carbonyl (C=O) groups is 2. The summed E-state index contributed by atoms with van der Waals surface area (Å²) in [5.74, 6) is 0.286. The van der Waals surface area contributed by atoms with Gasteiger partial charge in [0.1, 0.15) is 0 Å². The van der Waals surface area contributed by atoms with Gasteiger partial charge in [-0.3, -0.25) is 14.6 Å². The van der Waals surface area contributed by atoms with Gasteiger partial charge >= 0.3 is 0 Å². The van der Waals surface area contributed by atoms with Crippen LogP contribution in [0.4, 0.5) is 5.69 Å². The van der Waals surface area contributed by atoms with Gasteiger partial charge in [0.2, 0.25) is 11.8 Å². The number of carbonyl (C=O) groups excluding carboxylic acids is 2. The lowest BCUT2D eigenvalue weighted by Gasteiger charge is -2.39. The maximum Gasteiger partial charge on any atom is 0.227 e. The van der Waals surface area contributed by atoms with Crippen LogP contribution >= 0.6 is 0 Å². The minimum Gasteiger partial charge on any atom is -0.337 e. The van der Waals surface area contributed by atoms with Gasteiger partial charge in [0, 0.05) is 19.2 Å². The van der Waals surface area contributed by atoms with Crippen LogP contribution in [0, 0.1) is 6.92 Å². The van der Waals surface area contributed by atoms with Crippen molar-refractivity contribution in [3.05, 3.63) is 59.9 Å². The summed E-state index contributed by atoms with van der Waals surface area (Å²) in [4.78, 5) is 33.4. The monoisotopic (exact) mass is 349 g/mol. The molecule has 26 heavy (non-hydrogen) atoms. The molecule has 2 aliphatic rings. The summed E-state index contributed by atoms with van der Waals surface area (Å²) >= 11 is 0. The first-order chi connectivity index (χ1) is 12.6. The number of anilines is 1. The zero-order chi connectivity index (χ0) is 18.1.